The highest BCUT2D eigenvalue weighted by Crippen LogP contribution is 2.21. The SMILES string of the molecule is CCC(C)CN(CC)C(=O)c1ccc(OC)cc1N. The zero-order chi connectivity index (χ0) is 14.4. The second-order valence-electron chi connectivity index (χ2n) is 4.81. The van der Waals surface area contributed by atoms with E-state index in [2.05, 4.69) is 13.8 Å². The lowest BCUT2D eigenvalue weighted by molar-refractivity contribution is 0.0742. The highest BCUT2D eigenvalue weighted by Gasteiger charge is 2.18. The van der Waals surface area contributed by atoms with Crippen LogP contribution in [0.2, 0.25) is 0 Å². The number of carbonyl (C=O) groups is 1. The van der Waals surface area contributed by atoms with Gasteiger partial charge < -0.3 is 15.4 Å². The number of nitrogen functional groups attached to an aromatic ring is 1. The second kappa shape index (κ2) is 7.02. The number of ether oxygens (including phenoxy) is 1. The van der Waals surface area contributed by atoms with E-state index in [1.807, 2.05) is 11.8 Å². The van der Waals surface area contributed by atoms with E-state index in [9.17, 15) is 4.79 Å². The largest absolute Gasteiger partial charge is 0.497 e. The van der Waals surface area contributed by atoms with Crippen molar-refractivity contribution in [3.8, 4) is 5.75 Å². The lowest BCUT2D eigenvalue weighted by Gasteiger charge is -2.24. The lowest BCUT2D eigenvalue weighted by Crippen LogP contribution is -2.34. The van der Waals surface area contributed by atoms with Crippen molar-refractivity contribution in [3.63, 3.8) is 0 Å². The fourth-order valence-corrected chi connectivity index (χ4v) is 1.89. The van der Waals surface area contributed by atoms with Crippen molar-refractivity contribution in [2.45, 2.75) is 27.2 Å². The summed E-state index contributed by atoms with van der Waals surface area (Å²) in [5.74, 6) is 1.14. The molecule has 0 radical (unpaired) electrons. The molecule has 0 aliphatic rings. The molecule has 4 heteroatoms. The standard InChI is InChI=1S/C15H24N2O2/c1-5-11(3)10-17(6-2)15(18)13-8-7-12(19-4)9-14(13)16/h7-9,11H,5-6,10,16H2,1-4H3. The van der Waals surface area contributed by atoms with Crippen molar-refractivity contribution in [3.05, 3.63) is 23.8 Å². The van der Waals surface area contributed by atoms with Crippen molar-refractivity contribution in [1.82, 2.24) is 4.90 Å². The van der Waals surface area contributed by atoms with Crippen LogP contribution in [-0.4, -0.2) is 31.0 Å². The first-order valence-corrected chi connectivity index (χ1v) is 6.76. The van der Waals surface area contributed by atoms with Crippen LogP contribution in [0, 0.1) is 5.92 Å². The van der Waals surface area contributed by atoms with Gasteiger partial charge in [-0.1, -0.05) is 20.3 Å². The Labute approximate surface area is 115 Å². The van der Waals surface area contributed by atoms with E-state index in [1.54, 1.807) is 25.3 Å². The zero-order valence-electron chi connectivity index (χ0n) is 12.3. The van der Waals surface area contributed by atoms with Gasteiger partial charge in [-0.3, -0.25) is 4.79 Å². The highest BCUT2D eigenvalue weighted by atomic mass is 16.5. The normalized spacial score (nSPS) is 12.0. The Morgan fingerprint density at radius 1 is 1.42 bits per heavy atom. The molecule has 4 nitrogen and oxygen atoms in total. The van der Waals surface area contributed by atoms with Gasteiger partial charge in [-0.2, -0.15) is 0 Å². The number of nitrogens with zero attached hydrogens (tertiary/aromatic N) is 1. The number of anilines is 1. The van der Waals surface area contributed by atoms with Crippen LogP contribution in [-0.2, 0) is 0 Å². The minimum atomic E-state index is -0.0112. The quantitative estimate of drug-likeness (QED) is 0.804. The maximum atomic E-state index is 12.5. The molecule has 0 saturated heterocycles. The molecule has 2 N–H and O–H groups in total. The summed E-state index contributed by atoms with van der Waals surface area (Å²) in [6.07, 6.45) is 1.06. The smallest absolute Gasteiger partial charge is 0.255 e. The monoisotopic (exact) mass is 264 g/mol. The molecule has 1 aromatic rings. The Balaban J connectivity index is 2.91. The molecule has 0 aliphatic heterocycles. The molecule has 0 fully saturated rings. The van der Waals surface area contributed by atoms with E-state index in [1.165, 1.54) is 0 Å². The molecule has 1 unspecified atom stereocenters. The third-order valence-corrected chi connectivity index (χ3v) is 3.39. The first-order valence-electron chi connectivity index (χ1n) is 6.76. The van der Waals surface area contributed by atoms with Crippen LogP contribution < -0.4 is 10.5 Å². The average molecular weight is 264 g/mol. The molecule has 0 aromatic heterocycles. The van der Waals surface area contributed by atoms with E-state index in [-0.39, 0.29) is 5.91 Å². The van der Waals surface area contributed by atoms with Crippen molar-refractivity contribution in [2.24, 2.45) is 5.92 Å². The van der Waals surface area contributed by atoms with Gasteiger partial charge in [0.25, 0.3) is 5.91 Å². The van der Waals surface area contributed by atoms with Crippen LogP contribution in [0.25, 0.3) is 0 Å². The van der Waals surface area contributed by atoms with Gasteiger partial charge in [0.1, 0.15) is 5.75 Å². The topological polar surface area (TPSA) is 55.6 Å². The van der Waals surface area contributed by atoms with Gasteiger partial charge in [-0.25, -0.2) is 0 Å². The summed E-state index contributed by atoms with van der Waals surface area (Å²) < 4.78 is 5.09. The number of nitrogens with two attached hydrogens (primary N) is 1. The minimum absolute atomic E-state index is 0.0112. The van der Waals surface area contributed by atoms with Crippen LogP contribution in [0.5, 0.6) is 5.75 Å². The summed E-state index contributed by atoms with van der Waals surface area (Å²) in [6, 6.07) is 5.18. The number of benzene rings is 1. The fourth-order valence-electron chi connectivity index (χ4n) is 1.89. The van der Waals surface area contributed by atoms with E-state index >= 15 is 0 Å². The first-order chi connectivity index (χ1) is 9.03. The molecular weight excluding hydrogens is 240 g/mol. The number of hydrogen-bond acceptors (Lipinski definition) is 3. The minimum Gasteiger partial charge on any atom is -0.497 e. The fraction of sp³-hybridized carbons (Fsp3) is 0.533. The molecule has 0 heterocycles. The van der Waals surface area contributed by atoms with E-state index < -0.39 is 0 Å². The molecule has 106 valence electrons. The third-order valence-electron chi connectivity index (χ3n) is 3.39. The predicted molar refractivity (Wildman–Crippen MR) is 78.4 cm³/mol. The predicted octanol–water partition coefficient (Wildman–Crippen LogP) is 2.79. The summed E-state index contributed by atoms with van der Waals surface area (Å²) in [5.41, 5.74) is 6.94. The Morgan fingerprint density at radius 2 is 2.11 bits per heavy atom. The van der Waals surface area contributed by atoms with Crippen molar-refractivity contribution in [1.29, 1.82) is 0 Å². The zero-order valence-corrected chi connectivity index (χ0v) is 12.3. The summed E-state index contributed by atoms with van der Waals surface area (Å²) in [6.45, 7) is 7.71. The Kier molecular flexibility index (Phi) is 5.67. The van der Waals surface area contributed by atoms with E-state index in [0.29, 0.717) is 29.5 Å². The molecule has 1 rings (SSSR count). The molecule has 0 aliphatic carbocycles. The summed E-state index contributed by atoms with van der Waals surface area (Å²) in [5, 5.41) is 0. The summed E-state index contributed by atoms with van der Waals surface area (Å²) >= 11 is 0. The lowest BCUT2D eigenvalue weighted by atomic mass is 10.1. The van der Waals surface area contributed by atoms with Crippen molar-refractivity contribution in [2.75, 3.05) is 25.9 Å². The Morgan fingerprint density at radius 3 is 2.58 bits per heavy atom. The maximum Gasteiger partial charge on any atom is 0.255 e. The van der Waals surface area contributed by atoms with Crippen molar-refractivity contribution >= 4 is 11.6 Å². The summed E-state index contributed by atoms with van der Waals surface area (Å²) in [4.78, 5) is 14.3. The molecule has 0 bridgehead atoms. The van der Waals surface area contributed by atoms with Gasteiger partial charge in [0.15, 0.2) is 0 Å². The van der Waals surface area contributed by atoms with Gasteiger partial charge in [0.05, 0.1) is 12.7 Å². The van der Waals surface area contributed by atoms with Gasteiger partial charge in [0, 0.05) is 24.8 Å². The Hall–Kier alpha value is -1.71. The number of hydrogen-bond donors (Lipinski definition) is 1. The first kappa shape index (κ1) is 15.3. The van der Waals surface area contributed by atoms with Crippen LogP contribution in [0.4, 0.5) is 5.69 Å². The number of methoxy groups -OCH3 is 1. The molecule has 0 spiro atoms. The second-order valence-corrected chi connectivity index (χ2v) is 4.81. The van der Waals surface area contributed by atoms with E-state index in [4.69, 9.17) is 10.5 Å². The van der Waals surface area contributed by atoms with Crippen LogP contribution in [0.1, 0.15) is 37.6 Å². The van der Waals surface area contributed by atoms with Crippen LogP contribution >= 0.6 is 0 Å². The highest BCUT2D eigenvalue weighted by molar-refractivity contribution is 5.99. The molecular formula is C15H24N2O2. The third kappa shape index (κ3) is 3.88. The Bertz CT molecular complexity index is 432. The van der Waals surface area contributed by atoms with Crippen LogP contribution in [0.15, 0.2) is 18.2 Å². The molecule has 1 atom stereocenters. The number of carbonyl (C=O) groups excluding carboxylic acids is 1. The van der Waals surface area contributed by atoms with Gasteiger partial charge in [-0.15, -0.1) is 0 Å². The van der Waals surface area contributed by atoms with Crippen LogP contribution in [0.3, 0.4) is 0 Å². The maximum absolute atomic E-state index is 12.5. The molecule has 1 aromatic carbocycles. The number of amides is 1. The van der Waals surface area contributed by atoms with Gasteiger partial charge in [0.2, 0.25) is 0 Å². The van der Waals surface area contributed by atoms with Gasteiger partial charge in [-0.05, 0) is 25.0 Å². The van der Waals surface area contributed by atoms with Crippen molar-refractivity contribution < 1.29 is 9.53 Å². The molecule has 19 heavy (non-hydrogen) atoms. The van der Waals surface area contributed by atoms with Gasteiger partial charge >= 0.3 is 0 Å². The summed E-state index contributed by atoms with van der Waals surface area (Å²) in [7, 11) is 1.58. The average Bonchev–Trinajstić information content (AvgIpc) is 2.43. The number of rotatable bonds is 6. The molecule has 1 amide bonds. The molecule has 0 saturated carbocycles. The van der Waals surface area contributed by atoms with E-state index in [0.717, 1.165) is 13.0 Å².